The molecule has 0 N–H and O–H groups in total. The van der Waals surface area contributed by atoms with E-state index in [-0.39, 0.29) is 5.41 Å². The molecule has 1 aliphatic carbocycles. The third-order valence-electron chi connectivity index (χ3n) is 29.2. The van der Waals surface area contributed by atoms with Gasteiger partial charge in [-0.15, -0.1) is 11.3 Å². The zero-order valence-corrected chi connectivity index (χ0v) is 79.1. The highest BCUT2D eigenvalue weighted by molar-refractivity contribution is 7.27. The van der Waals surface area contributed by atoms with Crippen molar-refractivity contribution < 1.29 is 13.3 Å². The van der Waals surface area contributed by atoms with E-state index in [1.807, 2.05) is 193 Å². The highest BCUT2D eigenvalue weighted by atomic mass is 32.1. The van der Waals surface area contributed by atoms with Gasteiger partial charge in [0.15, 0.2) is 52.4 Å². The van der Waals surface area contributed by atoms with Gasteiger partial charge in [0.05, 0.1) is 0 Å². The van der Waals surface area contributed by atoms with Crippen molar-refractivity contribution in [1.82, 2.24) is 44.9 Å². The number of fused-ring (bicyclic) bond motifs is 35. The quantitative estimate of drug-likeness (QED) is 0.126. The molecule has 12 nitrogen and oxygen atoms in total. The summed E-state index contributed by atoms with van der Waals surface area (Å²) in [4.78, 5) is 45.0. The molecule has 0 radical (unpaired) electrons. The fourth-order valence-electron chi connectivity index (χ4n) is 22.5. The van der Waals surface area contributed by atoms with Crippen LogP contribution in [0.2, 0.25) is 0 Å². The van der Waals surface area contributed by atoms with Crippen LogP contribution in [-0.4, -0.2) is 44.9 Å². The van der Waals surface area contributed by atoms with E-state index in [9.17, 15) is 0 Å². The van der Waals surface area contributed by atoms with Crippen molar-refractivity contribution in [3.63, 3.8) is 0 Å². The Labute approximate surface area is 833 Å². The fraction of sp³-hybridized carbons (Fsp3) is 0.0227. The molecule has 31 rings (SSSR count). The van der Waals surface area contributed by atoms with E-state index in [1.165, 1.54) is 129 Å². The number of para-hydroxylation sites is 3. The van der Waals surface area contributed by atoms with E-state index in [4.69, 9.17) is 58.1 Å². The average Bonchev–Trinajstić information content (AvgIpc) is 1.54. The maximum Gasteiger partial charge on any atom is 0.164 e. The normalized spacial score (nSPS) is 12.4. The van der Waals surface area contributed by atoms with Crippen molar-refractivity contribution >= 4 is 194 Å². The number of furan rings is 3. The van der Waals surface area contributed by atoms with Gasteiger partial charge in [-0.05, 0) is 181 Å². The van der Waals surface area contributed by atoms with Gasteiger partial charge in [-0.25, -0.2) is 44.9 Å². The molecule has 23 aromatic carbocycles. The summed E-state index contributed by atoms with van der Waals surface area (Å²) in [5, 5.41) is 31.4. The lowest BCUT2D eigenvalue weighted by atomic mass is 9.78. The predicted octanol–water partition coefficient (Wildman–Crippen LogP) is 35.4. The molecule has 0 fully saturated rings. The molecule has 0 saturated carbocycles. The summed E-state index contributed by atoms with van der Waals surface area (Å²) in [5.41, 5.74) is 18.9. The lowest BCUT2D eigenvalue weighted by molar-refractivity contribution is 0.666. The molecule has 145 heavy (non-hydrogen) atoms. The van der Waals surface area contributed by atoms with E-state index in [0.29, 0.717) is 52.4 Å². The Bertz CT molecular complexity index is 10400. The molecule has 0 aliphatic heterocycles. The Kier molecular flexibility index (Phi) is 19.0. The molecular formula is C132H79N9O3S. The number of benzene rings is 23. The van der Waals surface area contributed by atoms with E-state index in [1.54, 1.807) is 0 Å². The van der Waals surface area contributed by atoms with Crippen LogP contribution in [0, 0.1) is 0 Å². The molecule has 0 spiro atoms. The molecule has 676 valence electrons. The Balaban J connectivity index is 0.000000103. The Morgan fingerprint density at radius 1 is 0.186 bits per heavy atom. The van der Waals surface area contributed by atoms with Crippen LogP contribution >= 0.6 is 11.3 Å². The van der Waals surface area contributed by atoms with E-state index < -0.39 is 0 Å². The molecule has 13 heteroatoms. The number of rotatable bonds is 9. The molecular weight excluding hydrogens is 1790 g/mol. The minimum atomic E-state index is -0.103. The monoisotopic (exact) mass is 1870 g/mol. The molecule has 30 aromatic rings. The standard InChI is InChI=1S/C45H25N3O2.C45H25N3OS.C42H29N3/c1-2-8-28(9-3-1)43-46-44(48-45(47-43)31-19-22-34-33-10-4-6-12-36(33)50-39(34)25-31)30-18-21-32-29(24-30)17-16-26-14-15-27-20-23-38-42(41(27)40(26)32)35-11-5-7-13-37(35)49-38;1-2-10-26(11-3-1)43-46-44(48-45(47-43)29-20-22-32-31-12-6-8-16-37(31)49-38(32)25-29)28-19-21-30-27(24-28)18-23-36-40(30)33-13-4-5-14-34(33)42-41(36)35-15-7-9-17-39(35)50-42;1-42(2)35-20-12-11-19-33(35)37-32-18-10-9-17-31(32)36-30-23-22-29(25-28(30)21-24-34(36)38(37)42)41-44-39(26-13-5-3-6-14-26)43-40(45-41)27-15-7-4-8-16-27/h2*1-25H;3-25H,1-2H3. The Hall–Kier alpha value is -19.0. The van der Waals surface area contributed by atoms with Crippen molar-refractivity contribution in [2.45, 2.75) is 19.3 Å². The van der Waals surface area contributed by atoms with Gasteiger partial charge >= 0.3 is 0 Å². The topological polar surface area (TPSA) is 155 Å². The lowest BCUT2D eigenvalue weighted by Crippen LogP contribution is -2.15. The van der Waals surface area contributed by atoms with Crippen LogP contribution in [0.5, 0.6) is 0 Å². The maximum absolute atomic E-state index is 6.30. The number of nitrogens with zero attached hydrogens (tertiary/aromatic N) is 9. The minimum absolute atomic E-state index is 0.103. The van der Waals surface area contributed by atoms with Crippen LogP contribution in [0.3, 0.4) is 0 Å². The summed E-state index contributed by atoms with van der Waals surface area (Å²) >= 11 is 1.88. The van der Waals surface area contributed by atoms with E-state index in [0.717, 1.165) is 127 Å². The van der Waals surface area contributed by atoms with E-state index in [2.05, 4.69) is 275 Å². The summed E-state index contributed by atoms with van der Waals surface area (Å²) in [5.74, 6) is 5.69. The molecule has 0 unspecified atom stereocenters. The number of aromatic nitrogens is 9. The van der Waals surface area contributed by atoms with Gasteiger partial charge in [0.1, 0.15) is 33.5 Å². The van der Waals surface area contributed by atoms with Crippen LogP contribution in [0.4, 0.5) is 0 Å². The molecule has 0 bridgehead atoms. The SMILES string of the molecule is CC1(C)c2ccccc2-c2c1c1ccc3cc(-c4nc(-c5ccccc5)nc(-c5ccccc5)n4)ccc3c1c1ccccc21.c1ccc(-c2nc(-c3ccc4c(ccc5c4c4ccccc4c4sc6ccccc6c54)c3)nc(-c3ccc4c(c3)oc3ccccc34)n2)cc1.c1ccc(-c2nc(-c3ccc4c(ccc5ccc6ccc7oc8ccccc8c7c6c54)c3)nc(-c3ccc4c(c3)oc3ccccc34)n2)cc1. The minimum Gasteiger partial charge on any atom is -0.456 e. The van der Waals surface area contributed by atoms with Crippen molar-refractivity contribution in [2.75, 3.05) is 0 Å². The number of hydrogen-bond donors (Lipinski definition) is 0. The second-order valence-corrected chi connectivity index (χ2v) is 39.0. The molecule has 0 atom stereocenters. The Morgan fingerprint density at radius 3 is 0.993 bits per heavy atom. The summed E-state index contributed by atoms with van der Waals surface area (Å²) in [6.45, 7) is 4.74. The summed E-state index contributed by atoms with van der Waals surface area (Å²) in [6.07, 6.45) is 0. The van der Waals surface area contributed by atoms with Crippen molar-refractivity contribution in [1.29, 1.82) is 0 Å². The molecule has 0 saturated heterocycles. The van der Waals surface area contributed by atoms with Gasteiger partial charge in [0.2, 0.25) is 0 Å². The number of thiophene rings is 1. The predicted molar refractivity (Wildman–Crippen MR) is 598 cm³/mol. The van der Waals surface area contributed by atoms with Crippen LogP contribution < -0.4 is 0 Å². The molecule has 0 amide bonds. The second kappa shape index (κ2) is 33.1. The van der Waals surface area contributed by atoms with Crippen LogP contribution in [0.25, 0.3) is 297 Å². The third-order valence-corrected chi connectivity index (χ3v) is 30.4. The molecule has 1 aliphatic rings. The maximum atomic E-state index is 6.30. The first-order chi connectivity index (χ1) is 71.6. The molecule has 7 aromatic heterocycles. The van der Waals surface area contributed by atoms with Crippen molar-refractivity contribution in [3.05, 3.63) is 454 Å². The van der Waals surface area contributed by atoms with Gasteiger partial charge in [0, 0.05) is 119 Å². The lowest BCUT2D eigenvalue weighted by Gasteiger charge is -2.24. The first kappa shape index (κ1) is 83.1. The first-order valence-corrected chi connectivity index (χ1v) is 49.7. The highest BCUT2D eigenvalue weighted by Gasteiger charge is 2.39. The molecule has 7 heterocycles. The smallest absolute Gasteiger partial charge is 0.164 e. The fourth-order valence-corrected chi connectivity index (χ4v) is 23.8. The average molecular weight is 1870 g/mol. The van der Waals surface area contributed by atoms with Crippen molar-refractivity contribution in [2.24, 2.45) is 0 Å². The number of hydrogen-bond acceptors (Lipinski definition) is 13. The van der Waals surface area contributed by atoms with Gasteiger partial charge < -0.3 is 13.3 Å². The van der Waals surface area contributed by atoms with Gasteiger partial charge in [-0.2, -0.15) is 0 Å². The summed E-state index contributed by atoms with van der Waals surface area (Å²) in [6, 6.07) is 155. The van der Waals surface area contributed by atoms with Gasteiger partial charge in [-0.1, -0.05) is 384 Å². The second-order valence-electron chi connectivity index (χ2n) is 38.0. The van der Waals surface area contributed by atoms with Crippen LogP contribution in [0.1, 0.15) is 25.0 Å². The summed E-state index contributed by atoms with van der Waals surface area (Å²) in [7, 11) is 0. The highest BCUT2D eigenvalue weighted by Crippen LogP contribution is 2.57. The largest absolute Gasteiger partial charge is 0.456 e. The van der Waals surface area contributed by atoms with Crippen molar-refractivity contribution in [3.8, 4) is 114 Å². The van der Waals surface area contributed by atoms with Crippen LogP contribution in [0.15, 0.2) is 456 Å². The zero-order valence-electron chi connectivity index (χ0n) is 78.3. The first-order valence-electron chi connectivity index (χ1n) is 48.8. The van der Waals surface area contributed by atoms with Gasteiger partial charge in [-0.3, -0.25) is 0 Å². The summed E-state index contributed by atoms with van der Waals surface area (Å²) < 4.78 is 21.4. The van der Waals surface area contributed by atoms with Gasteiger partial charge in [0.25, 0.3) is 0 Å². The zero-order chi connectivity index (χ0) is 95.6. The van der Waals surface area contributed by atoms with E-state index >= 15 is 0 Å². The third kappa shape index (κ3) is 13.7. The Morgan fingerprint density at radius 2 is 0.503 bits per heavy atom. The van der Waals surface area contributed by atoms with Crippen LogP contribution in [-0.2, 0) is 5.41 Å².